The molecule has 0 amide bonds. The molecule has 2 atom stereocenters. The van der Waals surface area contributed by atoms with Crippen molar-refractivity contribution in [2.24, 2.45) is 5.92 Å². The summed E-state index contributed by atoms with van der Waals surface area (Å²) < 4.78 is 26.8. The molecule has 2 N–H and O–H groups in total. The van der Waals surface area contributed by atoms with Gasteiger partial charge in [0.25, 0.3) is 10.0 Å². The van der Waals surface area contributed by atoms with Crippen molar-refractivity contribution in [2.45, 2.75) is 57.2 Å². The highest BCUT2D eigenvalue weighted by molar-refractivity contribution is 7.89. The number of nitrogens with zero attached hydrogens (tertiary/aromatic N) is 2. The number of H-pyrrole nitrogens is 1. The van der Waals surface area contributed by atoms with Gasteiger partial charge < -0.3 is 5.11 Å². The van der Waals surface area contributed by atoms with Crippen LogP contribution in [0.25, 0.3) is 0 Å². The van der Waals surface area contributed by atoms with Gasteiger partial charge in [-0.05, 0) is 25.7 Å². The molecule has 0 radical (unpaired) electrons. The minimum atomic E-state index is -3.65. The van der Waals surface area contributed by atoms with Crippen LogP contribution in [0.4, 0.5) is 0 Å². The Labute approximate surface area is 120 Å². The molecule has 0 saturated heterocycles. The Morgan fingerprint density at radius 3 is 2.75 bits per heavy atom. The molecule has 1 heterocycles. The maximum Gasteiger partial charge on any atom is 0.262 e. The zero-order chi connectivity index (χ0) is 14.9. The first-order chi connectivity index (χ1) is 9.37. The van der Waals surface area contributed by atoms with Crippen LogP contribution in [0.3, 0.4) is 0 Å². The molecule has 2 unspecified atom stereocenters. The lowest BCUT2D eigenvalue weighted by molar-refractivity contribution is 0.237. The molecule has 2 rings (SSSR count). The van der Waals surface area contributed by atoms with Crippen molar-refractivity contribution in [1.82, 2.24) is 14.5 Å². The van der Waals surface area contributed by atoms with E-state index in [4.69, 9.17) is 0 Å². The van der Waals surface area contributed by atoms with Crippen LogP contribution in [-0.4, -0.2) is 41.1 Å². The largest absolute Gasteiger partial charge is 0.392 e. The highest BCUT2D eigenvalue weighted by Gasteiger charge is 2.34. The SMILES string of the molecule is Cc1[nH]nc(S(=O)(=O)N(C)C2CCCC(C)C2)c1CO. The number of aromatic nitrogens is 2. The summed E-state index contributed by atoms with van der Waals surface area (Å²) in [7, 11) is -2.04. The monoisotopic (exact) mass is 301 g/mol. The first kappa shape index (κ1) is 15.5. The van der Waals surface area contributed by atoms with E-state index in [0.717, 1.165) is 25.7 Å². The summed E-state index contributed by atoms with van der Waals surface area (Å²) in [6.45, 7) is 3.54. The second-order valence-corrected chi connectivity index (χ2v) is 7.65. The van der Waals surface area contributed by atoms with Crippen molar-refractivity contribution in [3.63, 3.8) is 0 Å². The highest BCUT2D eigenvalue weighted by Crippen LogP contribution is 2.30. The molecule has 1 aliphatic carbocycles. The molecule has 114 valence electrons. The summed E-state index contributed by atoms with van der Waals surface area (Å²) in [6, 6.07) is 0.0206. The molecule has 1 aliphatic rings. The van der Waals surface area contributed by atoms with Crippen LogP contribution in [0.15, 0.2) is 5.03 Å². The zero-order valence-corrected chi connectivity index (χ0v) is 13.1. The molecule has 7 heteroatoms. The Hall–Kier alpha value is -0.920. The summed E-state index contributed by atoms with van der Waals surface area (Å²) in [6.07, 6.45) is 3.98. The van der Waals surface area contributed by atoms with E-state index in [9.17, 15) is 13.5 Å². The molecule has 6 nitrogen and oxygen atoms in total. The first-order valence-electron chi connectivity index (χ1n) is 7.00. The molecule has 0 aliphatic heterocycles. The fraction of sp³-hybridized carbons (Fsp3) is 0.769. The molecule has 1 fully saturated rings. The van der Waals surface area contributed by atoms with E-state index in [1.54, 1.807) is 14.0 Å². The van der Waals surface area contributed by atoms with Crippen molar-refractivity contribution in [3.8, 4) is 0 Å². The number of hydrogen-bond donors (Lipinski definition) is 2. The van der Waals surface area contributed by atoms with Gasteiger partial charge >= 0.3 is 0 Å². The molecule has 0 bridgehead atoms. The molecule has 0 spiro atoms. The van der Waals surface area contributed by atoms with Crippen molar-refractivity contribution >= 4 is 10.0 Å². The van der Waals surface area contributed by atoms with Crippen LogP contribution in [0, 0.1) is 12.8 Å². The topological polar surface area (TPSA) is 86.3 Å². The molecular weight excluding hydrogens is 278 g/mol. The lowest BCUT2D eigenvalue weighted by Crippen LogP contribution is -2.40. The third-order valence-electron chi connectivity index (χ3n) is 4.24. The van der Waals surface area contributed by atoms with Gasteiger partial charge in [-0.15, -0.1) is 0 Å². The number of nitrogens with one attached hydrogen (secondary N) is 1. The highest BCUT2D eigenvalue weighted by atomic mass is 32.2. The normalized spacial score (nSPS) is 24.2. The van der Waals surface area contributed by atoms with Crippen LogP contribution >= 0.6 is 0 Å². The van der Waals surface area contributed by atoms with Gasteiger partial charge in [-0.1, -0.05) is 19.8 Å². The van der Waals surface area contributed by atoms with Gasteiger partial charge in [0.15, 0.2) is 5.03 Å². The zero-order valence-electron chi connectivity index (χ0n) is 12.3. The van der Waals surface area contributed by atoms with Gasteiger partial charge in [0.05, 0.1) is 6.61 Å². The standard InChI is InChI=1S/C13H23N3O3S/c1-9-5-4-6-11(7-9)16(3)20(18,19)13-12(8-17)10(2)14-15-13/h9,11,17H,4-8H2,1-3H3,(H,14,15). The summed E-state index contributed by atoms with van der Waals surface area (Å²) in [5, 5.41) is 15.8. The van der Waals surface area contributed by atoms with Gasteiger partial charge in [-0.25, -0.2) is 8.42 Å². The predicted octanol–water partition coefficient (Wildman–Crippen LogP) is 1.41. The molecule has 1 saturated carbocycles. The maximum absolute atomic E-state index is 12.7. The van der Waals surface area contributed by atoms with E-state index in [0.29, 0.717) is 17.2 Å². The maximum atomic E-state index is 12.7. The Morgan fingerprint density at radius 1 is 1.45 bits per heavy atom. The minimum Gasteiger partial charge on any atom is -0.392 e. The van der Waals surface area contributed by atoms with Crippen LogP contribution in [0.2, 0.25) is 0 Å². The average molecular weight is 301 g/mol. The molecule has 20 heavy (non-hydrogen) atoms. The van der Waals surface area contributed by atoms with Crippen LogP contribution < -0.4 is 0 Å². The summed E-state index contributed by atoms with van der Waals surface area (Å²) in [4.78, 5) is 0. The molecule has 1 aromatic rings. The summed E-state index contributed by atoms with van der Waals surface area (Å²) in [5.41, 5.74) is 0.956. The van der Waals surface area contributed by atoms with E-state index >= 15 is 0 Å². The summed E-state index contributed by atoms with van der Waals surface area (Å²) in [5.74, 6) is 0.546. The molecule has 1 aromatic heterocycles. The second-order valence-electron chi connectivity index (χ2n) is 5.74. The van der Waals surface area contributed by atoms with Crippen molar-refractivity contribution in [1.29, 1.82) is 0 Å². The first-order valence-corrected chi connectivity index (χ1v) is 8.44. The lowest BCUT2D eigenvalue weighted by atomic mass is 9.87. The van der Waals surface area contributed by atoms with Crippen molar-refractivity contribution < 1.29 is 13.5 Å². The second kappa shape index (κ2) is 5.83. The fourth-order valence-electron chi connectivity index (χ4n) is 2.89. The molecule has 0 aromatic carbocycles. The number of aliphatic hydroxyl groups excluding tert-OH is 1. The van der Waals surface area contributed by atoms with Crippen molar-refractivity contribution in [3.05, 3.63) is 11.3 Å². The van der Waals surface area contributed by atoms with Gasteiger partial charge in [-0.3, -0.25) is 5.10 Å². The Balaban J connectivity index is 2.29. The van der Waals surface area contributed by atoms with E-state index in [1.807, 2.05) is 0 Å². The van der Waals surface area contributed by atoms with Crippen LogP contribution in [-0.2, 0) is 16.6 Å². The molecular formula is C13H23N3O3S. The number of sulfonamides is 1. The van der Waals surface area contributed by atoms with E-state index in [2.05, 4.69) is 17.1 Å². The van der Waals surface area contributed by atoms with Gasteiger partial charge in [0.1, 0.15) is 0 Å². The van der Waals surface area contributed by atoms with Gasteiger partial charge in [0, 0.05) is 24.3 Å². The number of aryl methyl sites for hydroxylation is 1. The fourth-order valence-corrected chi connectivity index (χ4v) is 4.44. The van der Waals surface area contributed by atoms with Crippen LogP contribution in [0.5, 0.6) is 0 Å². The summed E-state index contributed by atoms with van der Waals surface area (Å²) >= 11 is 0. The predicted molar refractivity (Wildman–Crippen MR) is 75.6 cm³/mol. The number of rotatable bonds is 4. The smallest absolute Gasteiger partial charge is 0.262 e. The Bertz CT molecular complexity index is 567. The number of aliphatic hydroxyl groups is 1. The van der Waals surface area contributed by atoms with Gasteiger partial charge in [0.2, 0.25) is 0 Å². The van der Waals surface area contributed by atoms with E-state index in [1.165, 1.54) is 4.31 Å². The average Bonchev–Trinajstić information content (AvgIpc) is 2.79. The Kier molecular flexibility index (Phi) is 4.51. The minimum absolute atomic E-state index is 0.0206. The van der Waals surface area contributed by atoms with E-state index < -0.39 is 10.0 Å². The van der Waals surface area contributed by atoms with Crippen molar-refractivity contribution in [2.75, 3.05) is 7.05 Å². The quantitative estimate of drug-likeness (QED) is 0.880. The van der Waals surface area contributed by atoms with E-state index in [-0.39, 0.29) is 17.7 Å². The number of aromatic amines is 1. The third kappa shape index (κ3) is 2.75. The lowest BCUT2D eigenvalue weighted by Gasteiger charge is -2.33. The van der Waals surface area contributed by atoms with Gasteiger partial charge in [-0.2, -0.15) is 9.40 Å². The Morgan fingerprint density at radius 2 is 2.15 bits per heavy atom. The van der Waals surface area contributed by atoms with Crippen LogP contribution in [0.1, 0.15) is 43.9 Å². The third-order valence-corrected chi connectivity index (χ3v) is 6.12. The number of hydrogen-bond acceptors (Lipinski definition) is 4.